The van der Waals surface area contributed by atoms with Gasteiger partial charge in [-0.05, 0) is 36.4 Å². The van der Waals surface area contributed by atoms with Gasteiger partial charge in [-0.15, -0.1) is 0 Å². The number of anilines is 1. The van der Waals surface area contributed by atoms with Crippen molar-refractivity contribution in [3.8, 4) is 11.5 Å². The third-order valence-electron chi connectivity index (χ3n) is 4.40. The molecule has 8 nitrogen and oxygen atoms in total. The molecule has 2 aliphatic rings. The van der Waals surface area contributed by atoms with Crippen molar-refractivity contribution in [2.75, 3.05) is 18.1 Å². The van der Waals surface area contributed by atoms with E-state index in [2.05, 4.69) is 10.9 Å². The lowest BCUT2D eigenvalue weighted by molar-refractivity contribution is -0.121. The fraction of sp³-hybridized carbons (Fsp3) is 0.211. The van der Waals surface area contributed by atoms with Crippen LogP contribution in [0.2, 0.25) is 5.02 Å². The SMILES string of the molecule is O=C(NN[C@@H]1CC(=O)N(c2ccc3c(c2)OCCO3)C1=O)c1ccc(Cl)cc1. The van der Waals surface area contributed by atoms with Crippen LogP contribution >= 0.6 is 11.6 Å². The molecule has 4 rings (SSSR count). The van der Waals surface area contributed by atoms with Crippen LogP contribution in [0, 0.1) is 0 Å². The number of fused-ring (bicyclic) bond motifs is 1. The van der Waals surface area contributed by atoms with E-state index in [0.717, 1.165) is 4.90 Å². The van der Waals surface area contributed by atoms with Gasteiger partial charge in [0.05, 0.1) is 12.1 Å². The van der Waals surface area contributed by atoms with Gasteiger partial charge >= 0.3 is 0 Å². The molecule has 1 saturated heterocycles. The second-order valence-corrected chi connectivity index (χ2v) is 6.69. The van der Waals surface area contributed by atoms with E-state index in [9.17, 15) is 14.4 Å². The van der Waals surface area contributed by atoms with E-state index in [4.69, 9.17) is 21.1 Å². The van der Waals surface area contributed by atoms with E-state index in [1.54, 1.807) is 42.5 Å². The molecule has 1 fully saturated rings. The number of benzene rings is 2. The number of hydrogen-bond donors (Lipinski definition) is 2. The number of hydrogen-bond acceptors (Lipinski definition) is 6. The number of imide groups is 1. The minimum atomic E-state index is -0.864. The molecule has 0 aromatic heterocycles. The van der Waals surface area contributed by atoms with Gasteiger partial charge in [0.2, 0.25) is 5.91 Å². The van der Waals surface area contributed by atoms with E-state index < -0.39 is 17.9 Å². The van der Waals surface area contributed by atoms with Crippen molar-refractivity contribution in [1.82, 2.24) is 10.9 Å². The van der Waals surface area contributed by atoms with Crippen LogP contribution in [0.15, 0.2) is 42.5 Å². The van der Waals surface area contributed by atoms with E-state index in [-0.39, 0.29) is 12.3 Å². The van der Waals surface area contributed by atoms with E-state index >= 15 is 0 Å². The van der Waals surface area contributed by atoms with Crippen LogP contribution in [-0.4, -0.2) is 37.0 Å². The number of nitrogens with one attached hydrogen (secondary N) is 2. The second-order valence-electron chi connectivity index (χ2n) is 6.26. The fourth-order valence-corrected chi connectivity index (χ4v) is 3.14. The fourth-order valence-electron chi connectivity index (χ4n) is 3.01. The summed E-state index contributed by atoms with van der Waals surface area (Å²) in [7, 11) is 0. The number of ether oxygens (including phenoxy) is 2. The van der Waals surface area contributed by atoms with Crippen molar-refractivity contribution in [3.05, 3.63) is 53.1 Å². The molecular weight excluding hydrogens is 386 g/mol. The Morgan fingerprint density at radius 2 is 1.75 bits per heavy atom. The lowest BCUT2D eigenvalue weighted by atomic mass is 10.2. The highest BCUT2D eigenvalue weighted by atomic mass is 35.5. The molecule has 0 saturated carbocycles. The smallest absolute Gasteiger partial charge is 0.265 e. The Bertz CT molecular complexity index is 947. The minimum absolute atomic E-state index is 0.0752. The summed E-state index contributed by atoms with van der Waals surface area (Å²) in [6, 6.07) is 10.3. The summed E-state index contributed by atoms with van der Waals surface area (Å²) in [4.78, 5) is 38.3. The standard InChI is InChI=1S/C19H16ClN3O5/c20-12-3-1-11(2-4-12)18(25)22-21-14-10-17(24)23(19(14)26)13-5-6-15-16(9-13)28-8-7-27-15/h1-6,9,14,21H,7-8,10H2,(H,22,25)/t14-/m1/s1. The maximum Gasteiger partial charge on any atom is 0.265 e. The molecule has 28 heavy (non-hydrogen) atoms. The van der Waals surface area contributed by atoms with Crippen LogP contribution in [0.1, 0.15) is 16.8 Å². The predicted octanol–water partition coefficient (Wildman–Crippen LogP) is 1.68. The topological polar surface area (TPSA) is 97.0 Å². The van der Waals surface area contributed by atoms with Crippen LogP contribution in [-0.2, 0) is 9.59 Å². The molecule has 2 aliphatic heterocycles. The van der Waals surface area contributed by atoms with Gasteiger partial charge in [0.25, 0.3) is 11.8 Å². The molecule has 0 radical (unpaired) electrons. The summed E-state index contributed by atoms with van der Waals surface area (Å²) in [6.45, 7) is 0.854. The molecule has 2 aromatic carbocycles. The Morgan fingerprint density at radius 1 is 1.04 bits per heavy atom. The first-order valence-corrected chi connectivity index (χ1v) is 8.98. The first-order chi connectivity index (χ1) is 13.5. The Morgan fingerprint density at radius 3 is 2.50 bits per heavy atom. The molecule has 2 heterocycles. The van der Waals surface area contributed by atoms with E-state index in [1.807, 2.05) is 0 Å². The zero-order valence-corrected chi connectivity index (χ0v) is 15.4. The molecule has 0 bridgehead atoms. The predicted molar refractivity (Wildman–Crippen MR) is 100 cm³/mol. The zero-order chi connectivity index (χ0) is 19.7. The largest absolute Gasteiger partial charge is 0.486 e. The summed E-state index contributed by atoms with van der Waals surface area (Å²) in [5.74, 6) is -0.219. The maximum absolute atomic E-state index is 12.7. The molecular formula is C19H16ClN3O5. The lowest BCUT2D eigenvalue weighted by Crippen LogP contribution is -2.48. The number of amides is 3. The van der Waals surface area contributed by atoms with Crippen LogP contribution in [0.3, 0.4) is 0 Å². The van der Waals surface area contributed by atoms with Gasteiger partial charge in [-0.1, -0.05) is 11.6 Å². The molecule has 144 valence electrons. The van der Waals surface area contributed by atoms with Gasteiger partial charge < -0.3 is 9.47 Å². The van der Waals surface area contributed by atoms with Crippen LogP contribution in [0.4, 0.5) is 5.69 Å². The third kappa shape index (κ3) is 3.51. The molecule has 0 aliphatic carbocycles. The van der Waals surface area contributed by atoms with Crippen molar-refractivity contribution in [2.45, 2.75) is 12.5 Å². The Balaban J connectivity index is 1.44. The van der Waals surface area contributed by atoms with Crippen molar-refractivity contribution in [2.24, 2.45) is 0 Å². The normalized spacial score (nSPS) is 18.3. The minimum Gasteiger partial charge on any atom is -0.486 e. The number of nitrogens with zero attached hydrogens (tertiary/aromatic N) is 1. The van der Waals surface area contributed by atoms with Gasteiger partial charge in [0.1, 0.15) is 19.3 Å². The van der Waals surface area contributed by atoms with Gasteiger partial charge in [0.15, 0.2) is 11.5 Å². The average molecular weight is 402 g/mol. The van der Waals surface area contributed by atoms with Crippen LogP contribution < -0.4 is 25.2 Å². The van der Waals surface area contributed by atoms with E-state index in [0.29, 0.717) is 41.0 Å². The highest BCUT2D eigenvalue weighted by Crippen LogP contribution is 2.35. The van der Waals surface area contributed by atoms with Gasteiger partial charge in [-0.25, -0.2) is 10.3 Å². The maximum atomic E-state index is 12.7. The molecule has 2 aromatic rings. The lowest BCUT2D eigenvalue weighted by Gasteiger charge is -2.21. The highest BCUT2D eigenvalue weighted by molar-refractivity contribution is 6.30. The molecule has 2 N–H and O–H groups in total. The summed E-state index contributed by atoms with van der Waals surface area (Å²) < 4.78 is 10.9. The summed E-state index contributed by atoms with van der Waals surface area (Å²) in [6.07, 6.45) is -0.0752. The molecule has 1 atom stereocenters. The van der Waals surface area contributed by atoms with Crippen molar-refractivity contribution >= 4 is 35.0 Å². The highest BCUT2D eigenvalue weighted by Gasteiger charge is 2.40. The summed E-state index contributed by atoms with van der Waals surface area (Å²) >= 11 is 5.80. The van der Waals surface area contributed by atoms with Crippen LogP contribution in [0.5, 0.6) is 11.5 Å². The number of hydrazine groups is 1. The molecule has 9 heteroatoms. The molecule has 3 amide bonds. The van der Waals surface area contributed by atoms with Gasteiger partial charge in [-0.3, -0.25) is 19.8 Å². The Hall–Kier alpha value is -3.10. The van der Waals surface area contributed by atoms with Gasteiger partial charge in [-0.2, -0.15) is 0 Å². The number of carbonyl (C=O) groups excluding carboxylic acids is 3. The Kier molecular flexibility index (Phi) is 4.89. The van der Waals surface area contributed by atoms with Crippen molar-refractivity contribution < 1.29 is 23.9 Å². The summed E-state index contributed by atoms with van der Waals surface area (Å²) in [5, 5.41) is 0.510. The van der Waals surface area contributed by atoms with Crippen molar-refractivity contribution in [3.63, 3.8) is 0 Å². The third-order valence-corrected chi connectivity index (χ3v) is 4.65. The second kappa shape index (κ2) is 7.49. The van der Waals surface area contributed by atoms with Crippen LogP contribution in [0.25, 0.3) is 0 Å². The first kappa shape index (κ1) is 18.3. The molecule has 0 spiro atoms. The number of carbonyl (C=O) groups is 3. The Labute approximate surface area is 165 Å². The molecule has 0 unspecified atom stereocenters. The van der Waals surface area contributed by atoms with Crippen molar-refractivity contribution in [1.29, 1.82) is 0 Å². The quantitative estimate of drug-likeness (QED) is 0.597. The summed E-state index contributed by atoms with van der Waals surface area (Å²) in [5.41, 5.74) is 5.86. The average Bonchev–Trinajstić information content (AvgIpc) is 2.99. The zero-order valence-electron chi connectivity index (χ0n) is 14.6. The van der Waals surface area contributed by atoms with Gasteiger partial charge in [0, 0.05) is 16.7 Å². The first-order valence-electron chi connectivity index (χ1n) is 8.61. The monoisotopic (exact) mass is 401 g/mol. The van der Waals surface area contributed by atoms with E-state index in [1.165, 1.54) is 0 Å². The number of rotatable bonds is 4. The number of halogens is 1.